The second-order valence-corrected chi connectivity index (χ2v) is 5.54. The van der Waals surface area contributed by atoms with Crippen molar-refractivity contribution >= 4 is 16.8 Å². The molecule has 108 valence electrons. The van der Waals surface area contributed by atoms with Gasteiger partial charge in [-0.1, -0.05) is 32.0 Å². The maximum Gasteiger partial charge on any atom is 0.239 e. The summed E-state index contributed by atoms with van der Waals surface area (Å²) in [4.78, 5) is 12.0. The Morgan fingerprint density at radius 1 is 1.35 bits per heavy atom. The SMILES string of the molecule is CC(C)CNC(=O)Cn1cc(CCN)c2ccccc21. The average Bonchev–Trinajstić information content (AvgIpc) is 2.76. The minimum absolute atomic E-state index is 0.0544. The molecule has 0 atom stereocenters. The summed E-state index contributed by atoms with van der Waals surface area (Å²) in [5.74, 6) is 0.520. The largest absolute Gasteiger partial charge is 0.354 e. The van der Waals surface area contributed by atoms with Crippen molar-refractivity contribution in [2.24, 2.45) is 11.7 Å². The Labute approximate surface area is 120 Å². The number of benzene rings is 1. The Morgan fingerprint density at radius 3 is 2.80 bits per heavy atom. The van der Waals surface area contributed by atoms with Gasteiger partial charge in [0.05, 0.1) is 0 Å². The Balaban J connectivity index is 2.19. The van der Waals surface area contributed by atoms with Gasteiger partial charge in [-0.2, -0.15) is 0 Å². The van der Waals surface area contributed by atoms with Crippen LogP contribution in [0.2, 0.25) is 0 Å². The van der Waals surface area contributed by atoms with Crippen LogP contribution in [0.1, 0.15) is 19.4 Å². The molecule has 20 heavy (non-hydrogen) atoms. The number of amides is 1. The van der Waals surface area contributed by atoms with Crippen molar-refractivity contribution in [3.05, 3.63) is 36.0 Å². The van der Waals surface area contributed by atoms with Crippen LogP contribution in [0.3, 0.4) is 0 Å². The third kappa shape index (κ3) is 3.39. The van der Waals surface area contributed by atoms with E-state index in [2.05, 4.69) is 25.2 Å². The van der Waals surface area contributed by atoms with Gasteiger partial charge in [-0.15, -0.1) is 0 Å². The highest BCUT2D eigenvalue weighted by atomic mass is 16.1. The van der Waals surface area contributed by atoms with E-state index in [1.807, 2.05) is 29.0 Å². The molecule has 0 bridgehead atoms. The monoisotopic (exact) mass is 273 g/mol. The molecule has 0 saturated heterocycles. The quantitative estimate of drug-likeness (QED) is 0.844. The molecule has 0 fully saturated rings. The minimum atomic E-state index is 0.0544. The molecule has 3 N–H and O–H groups in total. The van der Waals surface area contributed by atoms with Crippen LogP contribution in [0.15, 0.2) is 30.5 Å². The normalized spacial score (nSPS) is 11.2. The van der Waals surface area contributed by atoms with Crippen LogP contribution in [-0.2, 0) is 17.8 Å². The highest BCUT2D eigenvalue weighted by Crippen LogP contribution is 2.21. The predicted octanol–water partition coefficient (Wildman–Crippen LogP) is 1.91. The van der Waals surface area contributed by atoms with Gasteiger partial charge in [-0.25, -0.2) is 0 Å². The first-order chi connectivity index (χ1) is 9.61. The lowest BCUT2D eigenvalue weighted by Gasteiger charge is -2.09. The molecule has 1 amide bonds. The first-order valence-corrected chi connectivity index (χ1v) is 7.15. The zero-order chi connectivity index (χ0) is 14.5. The molecule has 0 radical (unpaired) electrons. The van der Waals surface area contributed by atoms with Crippen molar-refractivity contribution in [3.8, 4) is 0 Å². The molecule has 0 spiro atoms. The fourth-order valence-corrected chi connectivity index (χ4v) is 2.34. The number of hydrogen-bond donors (Lipinski definition) is 2. The molecule has 4 nitrogen and oxygen atoms in total. The fourth-order valence-electron chi connectivity index (χ4n) is 2.34. The highest BCUT2D eigenvalue weighted by Gasteiger charge is 2.10. The predicted molar refractivity (Wildman–Crippen MR) is 82.5 cm³/mol. The van der Waals surface area contributed by atoms with E-state index in [4.69, 9.17) is 5.73 Å². The molecule has 4 heteroatoms. The lowest BCUT2D eigenvalue weighted by molar-refractivity contribution is -0.121. The van der Waals surface area contributed by atoms with E-state index in [1.54, 1.807) is 0 Å². The van der Waals surface area contributed by atoms with Gasteiger partial charge in [-0.05, 0) is 30.5 Å². The zero-order valence-electron chi connectivity index (χ0n) is 12.2. The summed E-state index contributed by atoms with van der Waals surface area (Å²) in [6, 6.07) is 8.15. The second-order valence-electron chi connectivity index (χ2n) is 5.54. The van der Waals surface area contributed by atoms with Gasteiger partial charge in [0.2, 0.25) is 5.91 Å². The molecule has 1 aromatic heterocycles. The molecule has 0 saturated carbocycles. The van der Waals surface area contributed by atoms with E-state index in [0.29, 0.717) is 25.6 Å². The lowest BCUT2D eigenvalue weighted by Crippen LogP contribution is -2.30. The Bertz CT molecular complexity index is 586. The second kappa shape index (κ2) is 6.57. The lowest BCUT2D eigenvalue weighted by atomic mass is 10.1. The standard InChI is InChI=1S/C16H23N3O/c1-12(2)9-18-16(20)11-19-10-13(7-8-17)14-5-3-4-6-15(14)19/h3-6,10,12H,7-9,11,17H2,1-2H3,(H,18,20). The van der Waals surface area contributed by atoms with Gasteiger partial charge >= 0.3 is 0 Å². The molecular weight excluding hydrogens is 250 g/mol. The molecule has 0 aliphatic heterocycles. The van der Waals surface area contributed by atoms with Crippen LogP contribution in [-0.4, -0.2) is 23.6 Å². The third-order valence-electron chi connectivity index (χ3n) is 3.31. The van der Waals surface area contributed by atoms with Crippen molar-refractivity contribution in [2.45, 2.75) is 26.8 Å². The van der Waals surface area contributed by atoms with Crippen LogP contribution in [0, 0.1) is 5.92 Å². The van der Waals surface area contributed by atoms with Gasteiger partial charge in [0, 0.05) is 23.6 Å². The van der Waals surface area contributed by atoms with E-state index < -0.39 is 0 Å². The molecule has 1 heterocycles. The van der Waals surface area contributed by atoms with Gasteiger partial charge < -0.3 is 15.6 Å². The molecule has 0 aliphatic rings. The molecule has 0 aliphatic carbocycles. The van der Waals surface area contributed by atoms with Crippen molar-refractivity contribution in [1.29, 1.82) is 0 Å². The van der Waals surface area contributed by atoms with Crippen LogP contribution >= 0.6 is 0 Å². The number of nitrogens with one attached hydrogen (secondary N) is 1. The topological polar surface area (TPSA) is 60.0 Å². The summed E-state index contributed by atoms with van der Waals surface area (Å²) in [5.41, 5.74) is 7.96. The minimum Gasteiger partial charge on any atom is -0.354 e. The molecule has 2 aromatic rings. The van der Waals surface area contributed by atoms with Crippen LogP contribution in [0.25, 0.3) is 10.9 Å². The van der Waals surface area contributed by atoms with Gasteiger partial charge in [0.15, 0.2) is 0 Å². The number of fused-ring (bicyclic) bond motifs is 1. The van der Waals surface area contributed by atoms with Crippen molar-refractivity contribution in [2.75, 3.05) is 13.1 Å². The number of carbonyl (C=O) groups is 1. The van der Waals surface area contributed by atoms with E-state index in [1.165, 1.54) is 10.9 Å². The maximum absolute atomic E-state index is 12.0. The van der Waals surface area contributed by atoms with Gasteiger partial charge in [-0.3, -0.25) is 4.79 Å². The smallest absolute Gasteiger partial charge is 0.239 e. The zero-order valence-corrected chi connectivity index (χ0v) is 12.2. The van der Waals surface area contributed by atoms with E-state index in [0.717, 1.165) is 11.9 Å². The number of aromatic nitrogens is 1. The number of nitrogens with zero attached hydrogens (tertiary/aromatic N) is 1. The van der Waals surface area contributed by atoms with E-state index in [9.17, 15) is 4.79 Å². The first-order valence-electron chi connectivity index (χ1n) is 7.15. The van der Waals surface area contributed by atoms with Crippen molar-refractivity contribution < 1.29 is 4.79 Å². The third-order valence-corrected chi connectivity index (χ3v) is 3.31. The number of rotatable bonds is 6. The van der Waals surface area contributed by atoms with E-state index >= 15 is 0 Å². The summed E-state index contributed by atoms with van der Waals surface area (Å²) in [5, 5.41) is 4.14. The van der Waals surface area contributed by atoms with Crippen LogP contribution < -0.4 is 11.1 Å². The summed E-state index contributed by atoms with van der Waals surface area (Å²) in [7, 11) is 0. The van der Waals surface area contributed by atoms with Gasteiger partial charge in [0.25, 0.3) is 0 Å². The van der Waals surface area contributed by atoms with Gasteiger partial charge in [0.1, 0.15) is 6.54 Å². The number of hydrogen-bond acceptors (Lipinski definition) is 2. The number of para-hydroxylation sites is 1. The first kappa shape index (κ1) is 14.6. The van der Waals surface area contributed by atoms with Crippen molar-refractivity contribution in [3.63, 3.8) is 0 Å². The van der Waals surface area contributed by atoms with Crippen LogP contribution in [0.4, 0.5) is 0 Å². The van der Waals surface area contributed by atoms with Crippen LogP contribution in [0.5, 0.6) is 0 Å². The Kier molecular flexibility index (Phi) is 4.79. The fraction of sp³-hybridized carbons (Fsp3) is 0.438. The summed E-state index contributed by atoms with van der Waals surface area (Å²) < 4.78 is 2.01. The van der Waals surface area contributed by atoms with Crippen molar-refractivity contribution in [1.82, 2.24) is 9.88 Å². The summed E-state index contributed by atoms with van der Waals surface area (Å²) in [6.07, 6.45) is 2.88. The average molecular weight is 273 g/mol. The molecule has 1 aromatic carbocycles. The van der Waals surface area contributed by atoms with E-state index in [-0.39, 0.29) is 5.91 Å². The highest BCUT2D eigenvalue weighted by molar-refractivity contribution is 5.86. The maximum atomic E-state index is 12.0. The summed E-state index contributed by atoms with van der Waals surface area (Å²) >= 11 is 0. The Hall–Kier alpha value is -1.81. The summed E-state index contributed by atoms with van der Waals surface area (Å²) in [6.45, 7) is 5.87. The Morgan fingerprint density at radius 2 is 2.10 bits per heavy atom. The molecular formula is C16H23N3O. The molecule has 0 unspecified atom stereocenters. The number of nitrogens with two attached hydrogens (primary N) is 1. The number of carbonyl (C=O) groups excluding carboxylic acids is 1. The molecule has 2 rings (SSSR count).